The number of hydrogen-bond donors (Lipinski definition) is 1. The molecular weight excluding hydrogens is 252 g/mol. The Morgan fingerprint density at radius 2 is 1.61 bits per heavy atom. The second-order valence-corrected chi connectivity index (χ2v) is 7.20. The molecule has 0 radical (unpaired) electrons. The van der Waals surface area contributed by atoms with Gasteiger partial charge in [-0.2, -0.15) is 12.7 Å². The molecule has 0 aromatic carbocycles. The van der Waals surface area contributed by atoms with Crippen LogP contribution in [0, 0.1) is 17.8 Å². The molecular formula is C12H26N2O3S. The maximum atomic E-state index is 11.7. The van der Waals surface area contributed by atoms with Gasteiger partial charge in [-0.15, -0.1) is 0 Å². The van der Waals surface area contributed by atoms with Gasteiger partial charge < -0.3 is 0 Å². The molecule has 0 aliphatic heterocycles. The monoisotopic (exact) mass is 278 g/mol. The van der Waals surface area contributed by atoms with Crippen LogP contribution in [0.4, 0.5) is 0 Å². The Kier molecular flexibility index (Phi) is 6.84. The lowest BCUT2D eigenvalue weighted by atomic mass is 9.83. The lowest BCUT2D eigenvalue weighted by Gasteiger charge is -2.27. The van der Waals surface area contributed by atoms with Crippen LogP contribution >= 0.6 is 0 Å². The third-order valence-electron chi connectivity index (χ3n) is 3.17. The van der Waals surface area contributed by atoms with Crippen molar-refractivity contribution in [2.24, 2.45) is 17.8 Å². The molecule has 1 amide bonds. The number of amides is 1. The van der Waals surface area contributed by atoms with Gasteiger partial charge in [0, 0.05) is 20.5 Å². The van der Waals surface area contributed by atoms with Crippen molar-refractivity contribution in [3.8, 4) is 0 Å². The van der Waals surface area contributed by atoms with Crippen molar-refractivity contribution in [2.45, 2.75) is 41.0 Å². The highest BCUT2D eigenvalue weighted by atomic mass is 32.2. The first-order valence-electron chi connectivity index (χ1n) is 6.32. The first-order chi connectivity index (χ1) is 8.08. The summed E-state index contributed by atoms with van der Waals surface area (Å²) in [5, 5.41) is 0. The molecule has 0 unspecified atom stereocenters. The average Bonchev–Trinajstić information content (AvgIpc) is 2.14. The summed E-state index contributed by atoms with van der Waals surface area (Å²) in [6.07, 6.45) is 0.796. The molecule has 0 heterocycles. The summed E-state index contributed by atoms with van der Waals surface area (Å²) in [7, 11) is -2.18. The van der Waals surface area contributed by atoms with Crippen LogP contribution in [0.3, 0.4) is 0 Å². The molecule has 0 aromatic rings. The first kappa shape index (κ1) is 17.4. The SMILES string of the molecule is CC(=O)NS(=O)(=O)N(C)CCC(C(C)C)C(C)C. The predicted molar refractivity (Wildman–Crippen MR) is 73.1 cm³/mol. The van der Waals surface area contributed by atoms with Crippen LogP contribution in [0.25, 0.3) is 0 Å². The molecule has 108 valence electrons. The van der Waals surface area contributed by atoms with Crippen LogP contribution < -0.4 is 4.72 Å². The van der Waals surface area contributed by atoms with E-state index in [1.54, 1.807) is 0 Å². The van der Waals surface area contributed by atoms with Crippen molar-refractivity contribution in [3.63, 3.8) is 0 Å². The number of carbonyl (C=O) groups is 1. The van der Waals surface area contributed by atoms with Gasteiger partial charge in [-0.05, 0) is 24.2 Å². The zero-order valence-corrected chi connectivity index (χ0v) is 13.0. The van der Waals surface area contributed by atoms with Gasteiger partial charge in [-0.1, -0.05) is 27.7 Å². The Labute approximate surface area is 111 Å². The Morgan fingerprint density at radius 1 is 1.17 bits per heavy atom. The highest BCUT2D eigenvalue weighted by Crippen LogP contribution is 2.24. The van der Waals surface area contributed by atoms with E-state index in [1.807, 2.05) is 4.72 Å². The number of nitrogens with zero attached hydrogens (tertiary/aromatic N) is 1. The van der Waals surface area contributed by atoms with Crippen molar-refractivity contribution in [2.75, 3.05) is 13.6 Å². The summed E-state index contributed by atoms with van der Waals surface area (Å²) in [6.45, 7) is 10.2. The molecule has 0 aliphatic carbocycles. The third kappa shape index (κ3) is 5.82. The fraction of sp³-hybridized carbons (Fsp3) is 0.917. The van der Waals surface area contributed by atoms with E-state index in [9.17, 15) is 13.2 Å². The maximum absolute atomic E-state index is 11.7. The van der Waals surface area contributed by atoms with Crippen LogP contribution in [-0.4, -0.2) is 32.2 Å². The van der Waals surface area contributed by atoms with Crippen molar-refractivity contribution in [1.82, 2.24) is 9.03 Å². The zero-order chi connectivity index (χ0) is 14.5. The van der Waals surface area contributed by atoms with Crippen LogP contribution in [0.15, 0.2) is 0 Å². The molecule has 0 aliphatic rings. The minimum atomic E-state index is -3.67. The molecule has 1 N–H and O–H groups in total. The fourth-order valence-electron chi connectivity index (χ4n) is 2.15. The minimum Gasteiger partial charge on any atom is -0.274 e. The second kappa shape index (κ2) is 7.09. The van der Waals surface area contributed by atoms with Gasteiger partial charge in [0.05, 0.1) is 0 Å². The minimum absolute atomic E-state index is 0.420. The Bertz CT molecular complexity index is 356. The normalized spacial score (nSPS) is 12.8. The molecule has 0 aromatic heterocycles. The number of nitrogens with one attached hydrogen (secondary N) is 1. The van der Waals surface area contributed by atoms with Crippen LogP contribution in [0.1, 0.15) is 41.0 Å². The lowest BCUT2D eigenvalue weighted by Crippen LogP contribution is -2.41. The summed E-state index contributed by atoms with van der Waals surface area (Å²) in [6, 6.07) is 0. The van der Waals surface area contributed by atoms with Crippen molar-refractivity contribution in [3.05, 3.63) is 0 Å². The highest BCUT2D eigenvalue weighted by molar-refractivity contribution is 7.87. The molecule has 18 heavy (non-hydrogen) atoms. The van der Waals surface area contributed by atoms with E-state index in [2.05, 4.69) is 27.7 Å². The summed E-state index contributed by atoms with van der Waals surface area (Å²) < 4.78 is 26.5. The topological polar surface area (TPSA) is 66.5 Å². The molecule has 0 rings (SSSR count). The lowest BCUT2D eigenvalue weighted by molar-refractivity contribution is -0.117. The van der Waals surface area contributed by atoms with Crippen LogP contribution in [0.5, 0.6) is 0 Å². The zero-order valence-electron chi connectivity index (χ0n) is 12.2. The third-order valence-corrected chi connectivity index (χ3v) is 4.72. The Balaban J connectivity index is 4.49. The molecule has 0 saturated heterocycles. The van der Waals surface area contributed by atoms with Gasteiger partial charge in [0.2, 0.25) is 5.91 Å². The summed E-state index contributed by atoms with van der Waals surface area (Å²) in [5.41, 5.74) is 0. The summed E-state index contributed by atoms with van der Waals surface area (Å²) >= 11 is 0. The summed E-state index contributed by atoms with van der Waals surface area (Å²) in [4.78, 5) is 10.8. The van der Waals surface area contributed by atoms with Crippen molar-refractivity contribution >= 4 is 16.1 Å². The fourth-order valence-corrected chi connectivity index (χ4v) is 3.01. The van der Waals surface area contributed by atoms with Crippen molar-refractivity contribution in [1.29, 1.82) is 0 Å². The molecule has 0 spiro atoms. The van der Waals surface area contributed by atoms with E-state index in [4.69, 9.17) is 0 Å². The Hall–Kier alpha value is -0.620. The molecule has 0 fully saturated rings. The number of rotatable bonds is 7. The van der Waals surface area contributed by atoms with Gasteiger partial charge in [-0.25, -0.2) is 4.72 Å². The maximum Gasteiger partial charge on any atom is 0.303 e. The van der Waals surface area contributed by atoms with E-state index in [0.29, 0.717) is 24.3 Å². The standard InChI is InChI=1S/C12H26N2O3S/c1-9(2)12(10(3)4)7-8-14(6)18(16,17)13-11(5)15/h9-10,12H,7-8H2,1-6H3,(H,13,15). The number of hydrogen-bond acceptors (Lipinski definition) is 3. The van der Waals surface area contributed by atoms with Gasteiger partial charge in [0.25, 0.3) is 0 Å². The largest absolute Gasteiger partial charge is 0.303 e. The van der Waals surface area contributed by atoms with Crippen LogP contribution in [0.2, 0.25) is 0 Å². The average molecular weight is 278 g/mol. The van der Waals surface area contributed by atoms with Gasteiger partial charge >= 0.3 is 10.2 Å². The molecule has 0 bridgehead atoms. The van der Waals surface area contributed by atoms with E-state index in [1.165, 1.54) is 18.3 Å². The van der Waals surface area contributed by atoms with Crippen LogP contribution in [-0.2, 0) is 15.0 Å². The number of carbonyl (C=O) groups excluding carboxylic acids is 1. The molecule has 6 heteroatoms. The Morgan fingerprint density at radius 3 is 1.94 bits per heavy atom. The summed E-state index contributed by atoms with van der Waals surface area (Å²) in [5.74, 6) is 0.940. The smallest absolute Gasteiger partial charge is 0.274 e. The molecule has 0 saturated carbocycles. The van der Waals surface area contributed by atoms with E-state index in [0.717, 1.165) is 6.42 Å². The van der Waals surface area contributed by atoms with Crippen molar-refractivity contribution < 1.29 is 13.2 Å². The second-order valence-electron chi connectivity index (χ2n) is 5.43. The quantitative estimate of drug-likeness (QED) is 0.769. The molecule has 5 nitrogen and oxygen atoms in total. The predicted octanol–water partition coefficient (Wildman–Crippen LogP) is 1.62. The first-order valence-corrected chi connectivity index (χ1v) is 7.76. The highest BCUT2D eigenvalue weighted by Gasteiger charge is 2.22. The molecule has 0 atom stereocenters. The van der Waals surface area contributed by atoms with E-state index < -0.39 is 16.1 Å². The van der Waals surface area contributed by atoms with Gasteiger partial charge in [-0.3, -0.25) is 4.79 Å². The van der Waals surface area contributed by atoms with E-state index >= 15 is 0 Å². The van der Waals surface area contributed by atoms with Gasteiger partial charge in [0.15, 0.2) is 0 Å². The van der Waals surface area contributed by atoms with E-state index in [-0.39, 0.29) is 0 Å². The van der Waals surface area contributed by atoms with Gasteiger partial charge in [0.1, 0.15) is 0 Å².